The number of hydrogen-bond donors (Lipinski definition) is 6. The number of hydrogen-bond acceptors (Lipinski definition) is 15. The van der Waals surface area contributed by atoms with Crippen molar-refractivity contribution in [2.24, 2.45) is 0 Å². The van der Waals surface area contributed by atoms with Crippen LogP contribution in [0.3, 0.4) is 0 Å². The van der Waals surface area contributed by atoms with Gasteiger partial charge in [0.2, 0.25) is 0 Å². The Morgan fingerprint density at radius 1 is 1.14 bits per heavy atom. The van der Waals surface area contributed by atoms with E-state index in [2.05, 4.69) is 15.0 Å². The first-order valence-electron chi connectivity index (χ1n) is 12.7. The minimum atomic E-state index is -4.80. The van der Waals surface area contributed by atoms with Crippen molar-refractivity contribution in [1.29, 1.82) is 0 Å². The van der Waals surface area contributed by atoms with Crippen LogP contribution in [0.2, 0.25) is 0 Å². The number of carbonyl (C=O) groups is 1. The maximum Gasteiger partial charge on any atom is 0.342 e. The topological polar surface area (TPSA) is 268 Å². The van der Waals surface area contributed by atoms with Crippen molar-refractivity contribution >= 4 is 38.1 Å². The molecule has 0 saturated carbocycles. The summed E-state index contributed by atoms with van der Waals surface area (Å²) >= 11 is 0. The molecule has 1 fully saturated rings. The number of aliphatic hydroxyl groups excluding tert-OH is 2. The van der Waals surface area contributed by atoms with E-state index in [9.17, 15) is 39.0 Å². The molecule has 2 aliphatic rings. The largest absolute Gasteiger partial charge is 0.507 e. The number of aromatic nitrogens is 4. The predicted molar refractivity (Wildman–Crippen MR) is 144 cm³/mol. The van der Waals surface area contributed by atoms with Crippen LogP contribution >= 0.6 is 15.2 Å². The van der Waals surface area contributed by atoms with Gasteiger partial charge in [-0.3, -0.25) is 13.7 Å². The number of esters is 1. The lowest BCUT2D eigenvalue weighted by atomic mass is 9.95. The molecule has 5 rings (SSSR count). The highest BCUT2D eigenvalue weighted by Crippen LogP contribution is 2.58. The summed E-state index contributed by atoms with van der Waals surface area (Å²) in [6.45, 7) is 0.386. The van der Waals surface area contributed by atoms with Gasteiger partial charge in [-0.25, -0.2) is 19.7 Å². The van der Waals surface area contributed by atoms with Crippen LogP contribution < -0.4 is 10.5 Å². The molecule has 2 aromatic heterocycles. The molecule has 43 heavy (non-hydrogen) atoms. The molecular weight excluding hydrogens is 616 g/mol. The van der Waals surface area contributed by atoms with Crippen LogP contribution in [0.15, 0.2) is 12.7 Å². The molecule has 1 saturated heterocycles. The van der Waals surface area contributed by atoms with E-state index >= 15 is 0 Å². The molecular formula is C23H29N5O13P2. The highest BCUT2D eigenvalue weighted by Gasteiger charge is 2.46. The third-order valence-electron chi connectivity index (χ3n) is 7.09. The Morgan fingerprint density at radius 2 is 1.86 bits per heavy atom. The van der Waals surface area contributed by atoms with Crippen LogP contribution in [-0.4, -0.2) is 95.1 Å². The monoisotopic (exact) mass is 645 g/mol. The van der Waals surface area contributed by atoms with E-state index in [0.29, 0.717) is 11.1 Å². The fourth-order valence-corrected chi connectivity index (χ4v) is 8.23. The number of aromatic hydroxyl groups is 1. The second-order valence-electron chi connectivity index (χ2n) is 9.84. The molecule has 0 spiro atoms. The molecule has 4 heterocycles. The molecule has 6 atom stereocenters. The molecule has 2 aliphatic heterocycles. The lowest BCUT2D eigenvalue weighted by Gasteiger charge is -2.20. The summed E-state index contributed by atoms with van der Waals surface area (Å²) < 4.78 is 52.5. The van der Waals surface area contributed by atoms with Crippen LogP contribution in [-0.2, 0) is 40.7 Å². The third-order valence-corrected chi connectivity index (χ3v) is 11.1. The lowest BCUT2D eigenvalue weighted by molar-refractivity contribution is -0.0483. The van der Waals surface area contributed by atoms with E-state index in [1.165, 1.54) is 24.3 Å². The molecule has 7 N–H and O–H groups in total. The zero-order valence-electron chi connectivity index (χ0n) is 22.8. The number of carbonyl (C=O) groups excluding carboxylic acids is 1. The zero-order valence-corrected chi connectivity index (χ0v) is 24.6. The SMILES string of the molecule is COc1c(C)c2c(c(O)c1CCOP(=O)(O)CP(=O)(O)OC[C@H]1O[C@@H](n3cnc4c(N)ncnc43)[C@@H](O)C1O)C(=O)OC2. The van der Waals surface area contributed by atoms with Crippen molar-refractivity contribution in [1.82, 2.24) is 19.5 Å². The number of aliphatic hydroxyl groups is 2. The summed E-state index contributed by atoms with van der Waals surface area (Å²) in [7, 11) is -8.20. The summed E-state index contributed by atoms with van der Waals surface area (Å²) in [4.78, 5) is 44.5. The van der Waals surface area contributed by atoms with Crippen molar-refractivity contribution in [2.45, 2.75) is 44.5 Å². The number of phenolic OH excluding ortho intramolecular Hbond substituents is 1. The lowest BCUT2D eigenvalue weighted by Crippen LogP contribution is -2.33. The molecule has 1 aromatic carbocycles. The van der Waals surface area contributed by atoms with Crippen molar-refractivity contribution < 1.29 is 62.3 Å². The number of nitrogens with zero attached hydrogens (tertiary/aromatic N) is 4. The summed E-state index contributed by atoms with van der Waals surface area (Å²) in [6, 6.07) is 0. The van der Waals surface area contributed by atoms with E-state index in [-0.39, 0.29) is 46.9 Å². The summed E-state index contributed by atoms with van der Waals surface area (Å²) in [5.41, 5.74) is 7.30. The molecule has 18 nitrogen and oxygen atoms in total. The van der Waals surface area contributed by atoms with Crippen LogP contribution in [0.25, 0.3) is 11.2 Å². The standard InChI is InChI=1S/C23H29N5O13P2/c1-10-12-5-38-23(32)14(12)16(29)11(19(10)37-2)3-4-39-42(33,34)9-43(35,36)40-6-13-17(30)18(31)22(41-13)28-8-27-15-20(24)25-7-26-21(15)28/h7-8,13,17-18,22,29-31H,3-6,9H2,1-2H3,(H,33,34)(H,35,36)(H2,24,25,26)/t13-,17?,18+,22-/m1/s1. The van der Waals surface area contributed by atoms with Gasteiger partial charge in [-0.15, -0.1) is 0 Å². The summed E-state index contributed by atoms with van der Waals surface area (Å²) in [6.07, 6.45) is -3.39. The van der Waals surface area contributed by atoms with Crippen LogP contribution in [0, 0.1) is 6.92 Å². The number of fused-ring (bicyclic) bond motifs is 2. The van der Waals surface area contributed by atoms with E-state index in [4.69, 9.17) is 29.0 Å². The second kappa shape index (κ2) is 11.7. The Morgan fingerprint density at radius 3 is 2.58 bits per heavy atom. The van der Waals surface area contributed by atoms with E-state index < -0.39 is 70.6 Å². The average Bonchev–Trinajstić information content (AvgIpc) is 3.62. The third kappa shape index (κ3) is 5.98. The fraction of sp³-hybridized carbons (Fsp3) is 0.478. The Balaban J connectivity index is 1.19. The molecule has 0 radical (unpaired) electrons. The molecule has 0 aliphatic carbocycles. The van der Waals surface area contributed by atoms with Crippen LogP contribution in [0.1, 0.15) is 33.3 Å². The van der Waals surface area contributed by atoms with E-state index in [0.717, 1.165) is 0 Å². The van der Waals surface area contributed by atoms with Gasteiger partial charge in [0.25, 0.3) is 0 Å². The average molecular weight is 645 g/mol. The van der Waals surface area contributed by atoms with E-state index in [1.807, 2.05) is 0 Å². The number of nitrogen functional groups attached to an aromatic ring is 1. The molecule has 0 amide bonds. The van der Waals surface area contributed by atoms with Gasteiger partial charge in [0, 0.05) is 17.5 Å². The number of methoxy groups -OCH3 is 1. The number of benzene rings is 1. The summed E-state index contributed by atoms with van der Waals surface area (Å²) in [5, 5.41) is 31.6. The number of phenols is 1. The van der Waals surface area contributed by atoms with Crippen molar-refractivity contribution in [2.75, 3.05) is 32.0 Å². The normalized spacial score (nSPS) is 24.5. The molecule has 234 valence electrons. The summed E-state index contributed by atoms with van der Waals surface area (Å²) in [5.74, 6) is -2.13. The van der Waals surface area contributed by atoms with Crippen molar-refractivity contribution in [3.05, 3.63) is 34.9 Å². The predicted octanol–water partition coefficient (Wildman–Crippen LogP) is 0.325. The first-order valence-corrected chi connectivity index (χ1v) is 16.2. The zero-order chi connectivity index (χ0) is 31.3. The number of anilines is 1. The Hall–Kier alpha value is -3.18. The maximum atomic E-state index is 12.7. The van der Waals surface area contributed by atoms with Gasteiger partial charge in [0.15, 0.2) is 23.6 Å². The minimum absolute atomic E-state index is 0.0314. The Labute approximate surface area is 243 Å². The van der Waals surface area contributed by atoms with Gasteiger partial charge in [0.1, 0.15) is 53.8 Å². The van der Waals surface area contributed by atoms with Gasteiger partial charge in [-0.2, -0.15) is 0 Å². The van der Waals surface area contributed by atoms with Gasteiger partial charge >= 0.3 is 21.2 Å². The molecule has 0 bridgehead atoms. The van der Waals surface area contributed by atoms with Gasteiger partial charge < -0.3 is 54.1 Å². The van der Waals surface area contributed by atoms with Crippen LogP contribution in [0.5, 0.6) is 11.5 Å². The minimum Gasteiger partial charge on any atom is -0.507 e. The quantitative estimate of drug-likeness (QED) is 0.121. The number of nitrogens with two attached hydrogens (primary N) is 1. The molecule has 3 aromatic rings. The number of ether oxygens (including phenoxy) is 3. The van der Waals surface area contributed by atoms with Crippen LogP contribution in [0.4, 0.5) is 5.82 Å². The van der Waals surface area contributed by atoms with E-state index in [1.54, 1.807) is 6.92 Å². The first-order chi connectivity index (χ1) is 20.2. The van der Waals surface area contributed by atoms with Gasteiger partial charge in [-0.1, -0.05) is 0 Å². The number of cyclic esters (lactones) is 1. The van der Waals surface area contributed by atoms with Crippen molar-refractivity contribution in [3.63, 3.8) is 0 Å². The van der Waals surface area contributed by atoms with Crippen molar-refractivity contribution in [3.8, 4) is 11.5 Å². The Bertz CT molecular complexity index is 1670. The molecule has 20 heteroatoms. The smallest absolute Gasteiger partial charge is 0.342 e. The first kappa shape index (κ1) is 31.3. The fourth-order valence-electron chi connectivity index (χ4n) is 5.01. The number of imidazole rings is 1. The molecule has 3 unspecified atom stereocenters. The second-order valence-corrected chi connectivity index (χ2v) is 14.0. The number of rotatable bonds is 11. The van der Waals surface area contributed by atoms with Gasteiger partial charge in [-0.05, 0) is 12.5 Å². The van der Waals surface area contributed by atoms with Gasteiger partial charge in [0.05, 0.1) is 26.7 Å². The maximum absolute atomic E-state index is 12.7. The highest BCUT2D eigenvalue weighted by atomic mass is 31.2. The Kier molecular flexibility index (Phi) is 8.52. The highest BCUT2D eigenvalue weighted by molar-refractivity contribution is 7.70.